The number of aliphatic hydroxyl groups excluding tert-OH is 1. The van der Waals surface area contributed by atoms with Crippen molar-refractivity contribution in [1.82, 2.24) is 9.88 Å². The number of pyridine rings is 1. The zero-order valence-electron chi connectivity index (χ0n) is 14.7. The smallest absolute Gasteiger partial charge is 0.119 e. The second kappa shape index (κ2) is 7.00. The largest absolute Gasteiger partial charge is 0.497 e. The Morgan fingerprint density at radius 2 is 2.20 bits per heavy atom. The molecule has 0 saturated carbocycles. The molecule has 3 aliphatic heterocycles. The van der Waals surface area contributed by atoms with Crippen molar-refractivity contribution in [3.63, 3.8) is 0 Å². The number of fused-ring (bicyclic) bond motifs is 4. The highest BCUT2D eigenvalue weighted by molar-refractivity contribution is 14.1. The number of aromatic nitrogens is 1. The first-order chi connectivity index (χ1) is 12.1. The van der Waals surface area contributed by atoms with E-state index < -0.39 is 6.10 Å². The average molecular weight is 452 g/mol. The lowest BCUT2D eigenvalue weighted by Crippen LogP contribution is -2.56. The Morgan fingerprint density at radius 3 is 2.88 bits per heavy atom. The van der Waals surface area contributed by atoms with E-state index in [9.17, 15) is 5.11 Å². The maximum Gasteiger partial charge on any atom is 0.119 e. The minimum absolute atomic E-state index is 0.210. The molecule has 3 aliphatic rings. The molecule has 2 bridgehead atoms. The number of aliphatic hydroxyl groups is 1. The number of benzene rings is 1. The van der Waals surface area contributed by atoms with Gasteiger partial charge in [0.1, 0.15) is 5.75 Å². The second-order valence-corrected chi connectivity index (χ2v) is 9.38. The molecule has 2 aromatic rings. The zero-order valence-corrected chi connectivity index (χ0v) is 16.9. The predicted octanol–water partition coefficient (Wildman–Crippen LogP) is 3.81. The molecule has 6 unspecified atom stereocenters. The monoisotopic (exact) mass is 452 g/mol. The van der Waals surface area contributed by atoms with Gasteiger partial charge in [-0.25, -0.2) is 0 Å². The van der Waals surface area contributed by atoms with Gasteiger partial charge in [0.15, 0.2) is 0 Å². The molecular weight excluding hydrogens is 427 g/mol. The van der Waals surface area contributed by atoms with Gasteiger partial charge < -0.3 is 9.84 Å². The van der Waals surface area contributed by atoms with Crippen LogP contribution >= 0.6 is 22.6 Å². The van der Waals surface area contributed by atoms with Gasteiger partial charge >= 0.3 is 0 Å². The molecule has 5 rings (SSSR count). The minimum atomic E-state index is -0.481. The summed E-state index contributed by atoms with van der Waals surface area (Å²) in [7, 11) is 1.67. The van der Waals surface area contributed by atoms with Gasteiger partial charge in [-0.1, -0.05) is 29.5 Å². The van der Waals surface area contributed by atoms with Crippen LogP contribution in [0.5, 0.6) is 5.75 Å². The number of ether oxygens (including phenoxy) is 1. The molecule has 134 valence electrons. The molecular formula is C20H25IN2O2. The first-order valence-corrected chi connectivity index (χ1v) is 10.3. The Hall–Kier alpha value is -0.920. The lowest BCUT2D eigenvalue weighted by molar-refractivity contribution is -0.0538. The van der Waals surface area contributed by atoms with E-state index in [4.69, 9.17) is 4.74 Å². The topological polar surface area (TPSA) is 45.6 Å². The third-order valence-electron chi connectivity index (χ3n) is 6.11. The summed E-state index contributed by atoms with van der Waals surface area (Å²) in [4.78, 5) is 6.96. The summed E-state index contributed by atoms with van der Waals surface area (Å²) >= 11 is 2.56. The SMILES string of the molecule is COc1ccc2nccc(C(O)C3CC4CCN3CC4C(C)I)c2c1. The Labute approximate surface area is 162 Å². The number of hydrogen-bond acceptors (Lipinski definition) is 4. The maximum absolute atomic E-state index is 11.2. The molecule has 0 spiro atoms. The van der Waals surface area contributed by atoms with Crippen LogP contribution < -0.4 is 4.74 Å². The normalized spacial score (nSPS) is 31.0. The molecule has 1 aromatic heterocycles. The molecule has 6 atom stereocenters. The highest BCUT2D eigenvalue weighted by Gasteiger charge is 2.44. The van der Waals surface area contributed by atoms with E-state index in [0.29, 0.717) is 3.92 Å². The number of halogens is 1. The fraction of sp³-hybridized carbons (Fsp3) is 0.550. The Morgan fingerprint density at radius 1 is 1.36 bits per heavy atom. The van der Waals surface area contributed by atoms with E-state index >= 15 is 0 Å². The molecule has 0 amide bonds. The van der Waals surface area contributed by atoms with Gasteiger partial charge in [0.25, 0.3) is 0 Å². The van der Waals surface area contributed by atoms with Crippen molar-refractivity contribution in [2.75, 3.05) is 20.2 Å². The van der Waals surface area contributed by atoms with E-state index in [2.05, 4.69) is 39.4 Å². The van der Waals surface area contributed by atoms with Crippen molar-refractivity contribution >= 4 is 33.5 Å². The predicted molar refractivity (Wildman–Crippen MR) is 108 cm³/mol. The van der Waals surface area contributed by atoms with Crippen molar-refractivity contribution in [1.29, 1.82) is 0 Å². The molecule has 1 N–H and O–H groups in total. The second-order valence-electron chi connectivity index (χ2n) is 7.42. The van der Waals surface area contributed by atoms with Crippen LogP contribution in [0.25, 0.3) is 10.9 Å². The van der Waals surface area contributed by atoms with Crippen LogP contribution in [0.2, 0.25) is 0 Å². The van der Waals surface area contributed by atoms with Crippen LogP contribution in [0.15, 0.2) is 30.5 Å². The average Bonchev–Trinajstić information content (AvgIpc) is 2.66. The van der Waals surface area contributed by atoms with Gasteiger partial charge in [-0.15, -0.1) is 0 Å². The van der Waals surface area contributed by atoms with Crippen molar-refractivity contribution in [2.45, 2.75) is 35.8 Å². The molecule has 1 aromatic carbocycles. The molecule has 3 saturated heterocycles. The number of alkyl halides is 1. The molecule has 4 nitrogen and oxygen atoms in total. The van der Waals surface area contributed by atoms with E-state index in [1.54, 1.807) is 13.3 Å². The summed E-state index contributed by atoms with van der Waals surface area (Å²) in [6.45, 7) is 4.54. The van der Waals surface area contributed by atoms with Crippen LogP contribution in [-0.2, 0) is 0 Å². The number of rotatable bonds is 4. The van der Waals surface area contributed by atoms with E-state index in [1.807, 2.05) is 24.3 Å². The van der Waals surface area contributed by atoms with Crippen molar-refractivity contribution in [3.05, 3.63) is 36.0 Å². The summed E-state index contributed by atoms with van der Waals surface area (Å²) < 4.78 is 6.06. The van der Waals surface area contributed by atoms with Gasteiger partial charge in [-0.3, -0.25) is 9.88 Å². The van der Waals surface area contributed by atoms with E-state index in [0.717, 1.165) is 53.6 Å². The molecule has 4 heterocycles. The Kier molecular flexibility index (Phi) is 4.90. The first-order valence-electron chi connectivity index (χ1n) is 9.07. The minimum Gasteiger partial charge on any atom is -0.497 e. The van der Waals surface area contributed by atoms with E-state index in [1.165, 1.54) is 6.42 Å². The summed E-state index contributed by atoms with van der Waals surface area (Å²) in [6, 6.07) is 8.05. The third kappa shape index (κ3) is 3.15. The lowest BCUT2D eigenvalue weighted by atomic mass is 9.72. The van der Waals surface area contributed by atoms with E-state index in [-0.39, 0.29) is 6.04 Å². The Bertz CT molecular complexity index is 766. The summed E-state index contributed by atoms with van der Waals surface area (Å²) in [6.07, 6.45) is 3.68. The van der Waals surface area contributed by atoms with Crippen LogP contribution in [0.4, 0.5) is 0 Å². The summed E-state index contributed by atoms with van der Waals surface area (Å²) in [5.41, 5.74) is 1.88. The van der Waals surface area contributed by atoms with Gasteiger partial charge in [0.2, 0.25) is 0 Å². The van der Waals surface area contributed by atoms with Crippen LogP contribution in [0.3, 0.4) is 0 Å². The zero-order chi connectivity index (χ0) is 17.6. The van der Waals surface area contributed by atoms with Gasteiger partial charge in [-0.05, 0) is 61.1 Å². The fourth-order valence-electron chi connectivity index (χ4n) is 4.70. The van der Waals surface area contributed by atoms with Crippen LogP contribution in [0.1, 0.15) is 31.4 Å². The summed E-state index contributed by atoms with van der Waals surface area (Å²) in [5, 5.41) is 12.2. The number of hydrogen-bond donors (Lipinski definition) is 1. The summed E-state index contributed by atoms with van der Waals surface area (Å²) in [5.74, 6) is 2.30. The van der Waals surface area contributed by atoms with Crippen molar-refractivity contribution < 1.29 is 9.84 Å². The number of nitrogens with zero attached hydrogens (tertiary/aromatic N) is 2. The van der Waals surface area contributed by atoms with Gasteiger partial charge in [-0.2, -0.15) is 0 Å². The first kappa shape index (κ1) is 17.5. The lowest BCUT2D eigenvalue weighted by Gasteiger charge is -2.52. The van der Waals surface area contributed by atoms with Crippen molar-refractivity contribution in [3.8, 4) is 5.75 Å². The third-order valence-corrected chi connectivity index (χ3v) is 7.03. The van der Waals surface area contributed by atoms with Crippen LogP contribution in [-0.4, -0.2) is 45.2 Å². The highest BCUT2D eigenvalue weighted by Crippen LogP contribution is 2.44. The number of piperidine rings is 3. The molecule has 3 fully saturated rings. The Balaban J connectivity index is 1.66. The molecule has 5 heteroatoms. The molecule has 0 aliphatic carbocycles. The molecule has 25 heavy (non-hydrogen) atoms. The number of methoxy groups -OCH3 is 1. The molecule has 0 radical (unpaired) electrons. The maximum atomic E-state index is 11.2. The van der Waals surface area contributed by atoms with Crippen molar-refractivity contribution in [2.24, 2.45) is 11.8 Å². The van der Waals surface area contributed by atoms with Gasteiger partial charge in [0.05, 0.1) is 18.7 Å². The standard InChI is InChI=1S/C20H25IN2O2/c1-12(21)17-11-23-8-6-13(17)9-19(23)20(24)15-5-7-22-18-4-3-14(25-2)10-16(15)18/h3-5,7,10,12-13,17,19-20,24H,6,8-9,11H2,1-2H3. The fourth-order valence-corrected chi connectivity index (χ4v) is 5.51. The highest BCUT2D eigenvalue weighted by atomic mass is 127. The van der Waals surface area contributed by atoms with Gasteiger partial charge in [0, 0.05) is 28.1 Å². The van der Waals surface area contributed by atoms with Crippen LogP contribution in [0, 0.1) is 11.8 Å². The quantitative estimate of drug-likeness (QED) is 0.566.